The Bertz CT molecular complexity index is 510. The van der Waals surface area contributed by atoms with Crippen molar-refractivity contribution in [3.8, 4) is 0 Å². The number of anilines is 1. The van der Waals surface area contributed by atoms with Gasteiger partial charge in [0.25, 0.3) is 5.91 Å². The molecule has 0 aromatic heterocycles. The van der Waals surface area contributed by atoms with Crippen LogP contribution >= 0.6 is 0 Å². The summed E-state index contributed by atoms with van der Waals surface area (Å²) in [4.78, 5) is 23.3. The third-order valence-corrected chi connectivity index (χ3v) is 3.63. The largest absolute Gasteiger partial charge is 0.397 e. The van der Waals surface area contributed by atoms with Gasteiger partial charge in [-0.3, -0.25) is 9.59 Å². The second kappa shape index (κ2) is 6.52. The Kier molecular flexibility index (Phi) is 4.74. The summed E-state index contributed by atoms with van der Waals surface area (Å²) in [5.41, 5.74) is 11.8. The van der Waals surface area contributed by atoms with Gasteiger partial charge in [-0.15, -0.1) is 0 Å². The zero-order chi connectivity index (χ0) is 14.5. The number of primary amides is 1. The van der Waals surface area contributed by atoms with Gasteiger partial charge in [0.1, 0.15) is 0 Å². The predicted octanol–water partition coefficient (Wildman–Crippen LogP) is 1.90. The van der Waals surface area contributed by atoms with Gasteiger partial charge < -0.3 is 16.2 Å². The maximum atomic E-state index is 12.1. The number of para-hydroxylation sites is 1. The highest BCUT2D eigenvalue weighted by atomic mass is 16.5. The number of hydrogen-bond acceptors (Lipinski definition) is 4. The fourth-order valence-electron chi connectivity index (χ4n) is 2.18. The molecule has 1 aliphatic carbocycles. The van der Waals surface area contributed by atoms with Crippen molar-refractivity contribution in [3.63, 3.8) is 0 Å². The number of nitrogen functional groups attached to an aromatic ring is 1. The molecule has 0 unspecified atom stereocenters. The minimum atomic E-state index is -0.620. The lowest BCUT2D eigenvalue weighted by Gasteiger charge is -2.25. The Labute approximate surface area is 118 Å². The summed E-state index contributed by atoms with van der Waals surface area (Å²) in [7, 11) is 0. The summed E-state index contributed by atoms with van der Waals surface area (Å²) >= 11 is 0. The second-order valence-corrected chi connectivity index (χ2v) is 5.08. The number of amides is 1. The van der Waals surface area contributed by atoms with Crippen LogP contribution < -0.4 is 11.5 Å². The molecular weight excluding hydrogens is 256 g/mol. The van der Waals surface area contributed by atoms with Crippen LogP contribution in [0.4, 0.5) is 5.69 Å². The summed E-state index contributed by atoms with van der Waals surface area (Å²) in [6, 6.07) is 4.76. The first-order valence-corrected chi connectivity index (χ1v) is 6.92. The Morgan fingerprint density at radius 3 is 2.55 bits per heavy atom. The summed E-state index contributed by atoms with van der Waals surface area (Å²) in [6.45, 7) is 0.589. The van der Waals surface area contributed by atoms with E-state index in [1.54, 1.807) is 12.1 Å². The van der Waals surface area contributed by atoms with Gasteiger partial charge in [0.2, 0.25) is 0 Å². The molecule has 0 aliphatic heterocycles. The van der Waals surface area contributed by atoms with E-state index in [1.807, 2.05) is 0 Å². The molecule has 1 saturated carbocycles. The van der Waals surface area contributed by atoms with Crippen molar-refractivity contribution in [3.05, 3.63) is 29.3 Å². The highest BCUT2D eigenvalue weighted by Crippen LogP contribution is 2.23. The third kappa shape index (κ3) is 3.36. The average molecular weight is 276 g/mol. The van der Waals surface area contributed by atoms with Crippen LogP contribution in [0, 0.1) is 0 Å². The molecule has 0 radical (unpaired) electrons. The van der Waals surface area contributed by atoms with Gasteiger partial charge >= 0.3 is 0 Å². The molecule has 0 bridgehead atoms. The molecule has 108 valence electrons. The number of nitrogens with two attached hydrogens (primary N) is 2. The van der Waals surface area contributed by atoms with Crippen LogP contribution in [0.2, 0.25) is 0 Å². The lowest BCUT2D eigenvalue weighted by atomic mass is 9.96. The van der Waals surface area contributed by atoms with Crippen molar-refractivity contribution in [1.82, 2.24) is 0 Å². The number of ether oxygens (including phenoxy) is 1. The molecule has 1 aliphatic rings. The molecule has 5 nitrogen and oxygen atoms in total. The maximum absolute atomic E-state index is 12.1. The van der Waals surface area contributed by atoms with Crippen LogP contribution in [0.5, 0.6) is 0 Å². The quantitative estimate of drug-likeness (QED) is 0.451. The topological polar surface area (TPSA) is 95.4 Å². The molecule has 0 atom stereocenters. The molecule has 1 amide bonds. The van der Waals surface area contributed by atoms with Gasteiger partial charge in [0.15, 0.2) is 5.78 Å². The maximum Gasteiger partial charge on any atom is 0.250 e. The minimum absolute atomic E-state index is 0.0807. The lowest BCUT2D eigenvalue weighted by molar-refractivity contribution is 0.00103. The first kappa shape index (κ1) is 14.5. The second-order valence-electron chi connectivity index (χ2n) is 5.08. The Balaban J connectivity index is 1.88. The Morgan fingerprint density at radius 2 is 1.95 bits per heavy atom. The van der Waals surface area contributed by atoms with Crippen LogP contribution in [0.1, 0.15) is 52.8 Å². The van der Waals surface area contributed by atoms with Gasteiger partial charge in [0, 0.05) is 18.6 Å². The van der Waals surface area contributed by atoms with Crippen molar-refractivity contribution in [2.45, 2.75) is 38.2 Å². The van der Waals surface area contributed by atoms with Gasteiger partial charge in [-0.2, -0.15) is 0 Å². The third-order valence-electron chi connectivity index (χ3n) is 3.63. The van der Waals surface area contributed by atoms with E-state index in [0.29, 0.717) is 31.1 Å². The molecule has 1 aromatic rings. The summed E-state index contributed by atoms with van der Waals surface area (Å²) < 4.78 is 5.60. The fourth-order valence-corrected chi connectivity index (χ4v) is 2.18. The number of hydrogen-bond donors (Lipinski definition) is 2. The van der Waals surface area contributed by atoms with Crippen molar-refractivity contribution in [1.29, 1.82) is 0 Å². The molecule has 0 saturated heterocycles. The Hall–Kier alpha value is -1.88. The zero-order valence-electron chi connectivity index (χ0n) is 11.4. The normalized spacial score (nSPS) is 14.8. The molecule has 0 spiro atoms. The van der Waals surface area contributed by atoms with Gasteiger partial charge in [0.05, 0.1) is 17.4 Å². The zero-order valence-corrected chi connectivity index (χ0v) is 11.4. The van der Waals surface area contributed by atoms with E-state index in [0.717, 1.165) is 12.8 Å². The van der Waals surface area contributed by atoms with E-state index < -0.39 is 5.91 Å². The molecular formula is C15H20N2O3. The van der Waals surface area contributed by atoms with Crippen LogP contribution in [-0.4, -0.2) is 24.4 Å². The average Bonchev–Trinajstić information content (AvgIpc) is 2.36. The predicted molar refractivity (Wildman–Crippen MR) is 76.5 cm³/mol. The van der Waals surface area contributed by atoms with E-state index in [-0.39, 0.29) is 17.0 Å². The highest BCUT2D eigenvalue weighted by Gasteiger charge is 2.18. The van der Waals surface area contributed by atoms with Gasteiger partial charge in [-0.05, 0) is 37.8 Å². The molecule has 0 heterocycles. The van der Waals surface area contributed by atoms with Gasteiger partial charge in [-0.1, -0.05) is 6.07 Å². The van der Waals surface area contributed by atoms with E-state index in [4.69, 9.17) is 16.2 Å². The number of Topliss-reactive ketones (excluding diaryl/α,β-unsaturated/α-hetero) is 1. The number of carbonyl (C=O) groups is 2. The van der Waals surface area contributed by atoms with Crippen molar-refractivity contribution >= 4 is 17.4 Å². The molecule has 20 heavy (non-hydrogen) atoms. The van der Waals surface area contributed by atoms with E-state index in [9.17, 15) is 9.59 Å². The molecule has 4 N–H and O–H groups in total. The molecule has 1 fully saturated rings. The number of carbonyl (C=O) groups excluding carboxylic acids is 2. The summed E-state index contributed by atoms with van der Waals surface area (Å²) in [6.07, 6.45) is 4.89. The minimum Gasteiger partial charge on any atom is -0.397 e. The van der Waals surface area contributed by atoms with E-state index >= 15 is 0 Å². The van der Waals surface area contributed by atoms with Crippen molar-refractivity contribution < 1.29 is 14.3 Å². The Morgan fingerprint density at radius 1 is 1.25 bits per heavy atom. The monoisotopic (exact) mass is 276 g/mol. The summed E-state index contributed by atoms with van der Waals surface area (Å²) in [5, 5.41) is 0. The van der Waals surface area contributed by atoms with Crippen LogP contribution in [0.3, 0.4) is 0 Å². The van der Waals surface area contributed by atoms with Crippen LogP contribution in [-0.2, 0) is 4.74 Å². The molecule has 2 rings (SSSR count). The van der Waals surface area contributed by atoms with Crippen LogP contribution in [0.25, 0.3) is 0 Å². The summed E-state index contributed by atoms with van der Waals surface area (Å²) in [5.74, 6) is -0.701. The standard InChI is InChI=1S/C15H20N2O3/c16-14-11(6-2-7-12(14)15(17)19)13(18)8-3-9-20-10-4-1-5-10/h2,6-7,10H,1,3-5,8-9,16H2,(H2,17,19). The molecule has 5 heteroatoms. The van der Waals surface area contributed by atoms with Crippen molar-refractivity contribution in [2.24, 2.45) is 5.73 Å². The highest BCUT2D eigenvalue weighted by molar-refractivity contribution is 6.07. The number of benzene rings is 1. The first-order chi connectivity index (χ1) is 9.59. The van der Waals surface area contributed by atoms with Crippen LogP contribution in [0.15, 0.2) is 18.2 Å². The first-order valence-electron chi connectivity index (χ1n) is 6.92. The number of rotatable bonds is 7. The SMILES string of the molecule is NC(=O)c1cccc(C(=O)CCCOC2CCC2)c1N. The van der Waals surface area contributed by atoms with Crippen molar-refractivity contribution in [2.75, 3.05) is 12.3 Å². The lowest BCUT2D eigenvalue weighted by Crippen LogP contribution is -2.22. The number of ketones is 1. The smallest absolute Gasteiger partial charge is 0.250 e. The van der Waals surface area contributed by atoms with E-state index in [2.05, 4.69) is 0 Å². The molecule has 1 aromatic carbocycles. The van der Waals surface area contributed by atoms with E-state index in [1.165, 1.54) is 12.5 Å². The fraction of sp³-hybridized carbons (Fsp3) is 0.467. The van der Waals surface area contributed by atoms with Gasteiger partial charge in [-0.25, -0.2) is 0 Å².